The van der Waals surface area contributed by atoms with Crippen LogP contribution in [0.2, 0.25) is 0 Å². The SMILES string of the molecule is NC(=O)c1ccc(NC(=O)CC[C@H]2CCCCO2)cc1. The second kappa shape index (κ2) is 7.05. The Morgan fingerprint density at radius 1 is 1.25 bits per heavy atom. The number of benzene rings is 1. The molecule has 2 amide bonds. The van der Waals surface area contributed by atoms with Crippen molar-refractivity contribution in [1.29, 1.82) is 0 Å². The second-order valence-electron chi connectivity index (χ2n) is 5.02. The van der Waals surface area contributed by atoms with Gasteiger partial charge in [0.25, 0.3) is 0 Å². The van der Waals surface area contributed by atoms with E-state index in [1.54, 1.807) is 24.3 Å². The van der Waals surface area contributed by atoms with E-state index in [2.05, 4.69) is 5.32 Å². The number of carbonyl (C=O) groups excluding carboxylic acids is 2. The zero-order valence-corrected chi connectivity index (χ0v) is 11.4. The van der Waals surface area contributed by atoms with Crippen molar-refractivity contribution >= 4 is 17.5 Å². The minimum Gasteiger partial charge on any atom is -0.378 e. The third-order valence-electron chi connectivity index (χ3n) is 3.42. The maximum atomic E-state index is 11.8. The average molecular weight is 276 g/mol. The fraction of sp³-hybridized carbons (Fsp3) is 0.467. The molecule has 108 valence electrons. The molecule has 3 N–H and O–H groups in total. The molecule has 0 aliphatic carbocycles. The summed E-state index contributed by atoms with van der Waals surface area (Å²) < 4.78 is 5.59. The minimum atomic E-state index is -0.475. The summed E-state index contributed by atoms with van der Waals surface area (Å²) in [4.78, 5) is 22.7. The highest BCUT2D eigenvalue weighted by atomic mass is 16.5. The molecule has 1 saturated heterocycles. The van der Waals surface area contributed by atoms with E-state index in [9.17, 15) is 9.59 Å². The molecule has 1 aromatic rings. The van der Waals surface area contributed by atoms with Crippen molar-refractivity contribution in [2.45, 2.75) is 38.2 Å². The molecule has 1 heterocycles. The minimum absolute atomic E-state index is 0.0361. The Balaban J connectivity index is 1.77. The van der Waals surface area contributed by atoms with Gasteiger partial charge in [0.1, 0.15) is 0 Å². The lowest BCUT2D eigenvalue weighted by Crippen LogP contribution is -2.21. The van der Waals surface area contributed by atoms with Gasteiger partial charge in [-0.15, -0.1) is 0 Å². The van der Waals surface area contributed by atoms with Crippen LogP contribution >= 0.6 is 0 Å². The van der Waals surface area contributed by atoms with Crippen LogP contribution < -0.4 is 11.1 Å². The van der Waals surface area contributed by atoms with Gasteiger partial charge >= 0.3 is 0 Å². The van der Waals surface area contributed by atoms with Gasteiger partial charge in [-0.1, -0.05) is 0 Å². The van der Waals surface area contributed by atoms with Crippen LogP contribution in [0.15, 0.2) is 24.3 Å². The third-order valence-corrected chi connectivity index (χ3v) is 3.42. The van der Waals surface area contributed by atoms with Crippen molar-refractivity contribution in [3.05, 3.63) is 29.8 Å². The van der Waals surface area contributed by atoms with Gasteiger partial charge in [0.05, 0.1) is 6.10 Å². The summed E-state index contributed by atoms with van der Waals surface area (Å²) >= 11 is 0. The number of nitrogens with two attached hydrogens (primary N) is 1. The number of primary amides is 1. The van der Waals surface area contributed by atoms with Gasteiger partial charge in [-0.05, 0) is 49.9 Å². The van der Waals surface area contributed by atoms with Crippen molar-refractivity contribution in [3.8, 4) is 0 Å². The Morgan fingerprint density at radius 3 is 2.60 bits per heavy atom. The molecular formula is C15H20N2O3. The third kappa shape index (κ3) is 4.35. The largest absolute Gasteiger partial charge is 0.378 e. The molecule has 0 unspecified atom stereocenters. The molecule has 2 rings (SSSR count). The number of hydrogen-bond donors (Lipinski definition) is 2. The highest BCUT2D eigenvalue weighted by Gasteiger charge is 2.15. The lowest BCUT2D eigenvalue weighted by atomic mass is 10.0. The lowest BCUT2D eigenvalue weighted by molar-refractivity contribution is -0.117. The Labute approximate surface area is 118 Å². The number of nitrogens with one attached hydrogen (secondary N) is 1. The molecule has 1 aliphatic rings. The van der Waals surface area contributed by atoms with Crippen LogP contribution in [0.25, 0.3) is 0 Å². The zero-order valence-electron chi connectivity index (χ0n) is 11.4. The van der Waals surface area contributed by atoms with E-state index >= 15 is 0 Å². The molecule has 1 atom stereocenters. The first-order valence-electron chi connectivity index (χ1n) is 6.96. The van der Waals surface area contributed by atoms with Crippen molar-refractivity contribution in [2.24, 2.45) is 5.73 Å². The van der Waals surface area contributed by atoms with E-state index in [0.717, 1.165) is 25.9 Å². The Kier molecular flexibility index (Phi) is 5.12. The molecule has 0 radical (unpaired) electrons. The summed E-state index contributed by atoms with van der Waals surface area (Å²) in [6.45, 7) is 0.806. The van der Waals surface area contributed by atoms with E-state index in [-0.39, 0.29) is 12.0 Å². The molecule has 0 aromatic heterocycles. The first-order valence-corrected chi connectivity index (χ1v) is 6.96. The maximum absolute atomic E-state index is 11.8. The number of anilines is 1. The second-order valence-corrected chi connectivity index (χ2v) is 5.02. The summed E-state index contributed by atoms with van der Waals surface area (Å²) in [6.07, 6.45) is 4.76. The Morgan fingerprint density at radius 2 is 2.00 bits per heavy atom. The van der Waals surface area contributed by atoms with Crippen molar-refractivity contribution in [1.82, 2.24) is 0 Å². The smallest absolute Gasteiger partial charge is 0.248 e. The van der Waals surface area contributed by atoms with Gasteiger partial charge in [-0.2, -0.15) is 0 Å². The van der Waals surface area contributed by atoms with Gasteiger partial charge in [0.2, 0.25) is 11.8 Å². The predicted molar refractivity (Wildman–Crippen MR) is 76.4 cm³/mol. The molecule has 1 aliphatic heterocycles. The van der Waals surface area contributed by atoms with Gasteiger partial charge in [-0.3, -0.25) is 9.59 Å². The molecule has 1 fully saturated rings. The van der Waals surface area contributed by atoms with E-state index in [0.29, 0.717) is 17.7 Å². The lowest BCUT2D eigenvalue weighted by Gasteiger charge is -2.22. The highest BCUT2D eigenvalue weighted by Crippen LogP contribution is 2.17. The normalized spacial score (nSPS) is 18.5. The van der Waals surface area contributed by atoms with E-state index in [1.807, 2.05) is 0 Å². The van der Waals surface area contributed by atoms with Crippen molar-refractivity contribution < 1.29 is 14.3 Å². The van der Waals surface area contributed by atoms with Gasteiger partial charge in [-0.25, -0.2) is 0 Å². The maximum Gasteiger partial charge on any atom is 0.248 e. The Bertz CT molecular complexity index is 465. The predicted octanol–water partition coefficient (Wildman–Crippen LogP) is 2.07. The Hall–Kier alpha value is -1.88. The van der Waals surface area contributed by atoms with Crippen molar-refractivity contribution in [2.75, 3.05) is 11.9 Å². The van der Waals surface area contributed by atoms with Gasteiger partial charge < -0.3 is 15.8 Å². The number of carbonyl (C=O) groups is 2. The molecule has 20 heavy (non-hydrogen) atoms. The number of amides is 2. The standard InChI is InChI=1S/C15H20N2O3/c16-15(19)11-4-6-12(7-5-11)17-14(18)9-8-13-3-1-2-10-20-13/h4-7,13H,1-3,8-10H2,(H2,16,19)(H,17,18)/t13-/m1/s1. The molecule has 0 spiro atoms. The zero-order chi connectivity index (χ0) is 14.4. The van der Waals surface area contributed by atoms with Crippen LogP contribution in [0.3, 0.4) is 0 Å². The quantitative estimate of drug-likeness (QED) is 0.863. The van der Waals surface area contributed by atoms with E-state index in [4.69, 9.17) is 10.5 Å². The molecule has 1 aromatic carbocycles. The summed E-state index contributed by atoms with van der Waals surface area (Å²) in [5.74, 6) is -0.511. The van der Waals surface area contributed by atoms with Gasteiger partial charge in [0, 0.05) is 24.3 Å². The van der Waals surface area contributed by atoms with Crippen LogP contribution in [0.5, 0.6) is 0 Å². The fourth-order valence-electron chi connectivity index (χ4n) is 2.27. The monoisotopic (exact) mass is 276 g/mol. The van der Waals surface area contributed by atoms with Crippen LogP contribution in [0.1, 0.15) is 42.5 Å². The first-order chi connectivity index (χ1) is 9.65. The molecule has 0 saturated carbocycles. The average Bonchev–Trinajstić information content (AvgIpc) is 2.47. The first kappa shape index (κ1) is 14.5. The molecule has 5 nitrogen and oxygen atoms in total. The topological polar surface area (TPSA) is 81.4 Å². The molecule has 5 heteroatoms. The summed E-state index contributed by atoms with van der Waals surface area (Å²) in [6, 6.07) is 6.55. The molecular weight excluding hydrogens is 256 g/mol. The summed E-state index contributed by atoms with van der Waals surface area (Å²) in [5, 5.41) is 2.80. The van der Waals surface area contributed by atoms with E-state index in [1.165, 1.54) is 6.42 Å². The fourth-order valence-corrected chi connectivity index (χ4v) is 2.27. The van der Waals surface area contributed by atoms with Crippen LogP contribution in [-0.2, 0) is 9.53 Å². The number of ether oxygens (including phenoxy) is 1. The van der Waals surface area contributed by atoms with Crippen LogP contribution in [0, 0.1) is 0 Å². The number of hydrogen-bond acceptors (Lipinski definition) is 3. The summed E-state index contributed by atoms with van der Waals surface area (Å²) in [7, 11) is 0. The van der Waals surface area contributed by atoms with Crippen LogP contribution in [-0.4, -0.2) is 24.5 Å². The van der Waals surface area contributed by atoms with E-state index < -0.39 is 5.91 Å². The molecule has 0 bridgehead atoms. The van der Waals surface area contributed by atoms with Gasteiger partial charge in [0.15, 0.2) is 0 Å². The van der Waals surface area contributed by atoms with Crippen molar-refractivity contribution in [3.63, 3.8) is 0 Å². The summed E-state index contributed by atoms with van der Waals surface area (Å²) in [5.41, 5.74) is 6.26. The number of rotatable bonds is 5. The highest BCUT2D eigenvalue weighted by molar-refractivity contribution is 5.94. The van der Waals surface area contributed by atoms with Crippen LogP contribution in [0.4, 0.5) is 5.69 Å².